The predicted molar refractivity (Wildman–Crippen MR) is 65.2 cm³/mol. The molecule has 1 rings (SSSR count). The van der Waals surface area contributed by atoms with Gasteiger partial charge in [0, 0.05) is 10.0 Å². The van der Waals surface area contributed by atoms with Crippen molar-refractivity contribution in [2.75, 3.05) is 6.61 Å². The molecule has 0 aromatic heterocycles. The van der Waals surface area contributed by atoms with E-state index in [2.05, 4.69) is 47.8 Å². The zero-order valence-corrected chi connectivity index (χ0v) is 11.7. The summed E-state index contributed by atoms with van der Waals surface area (Å²) in [7, 11) is 0. The number of hydrogen-bond donors (Lipinski definition) is 3. The van der Waals surface area contributed by atoms with Crippen molar-refractivity contribution >= 4 is 47.8 Å². The molecule has 0 heterocycles. The number of aliphatic hydroxyl groups is 1. The number of phenolic OH excluding ortho intramolecular Hbond substituents is 1. The van der Waals surface area contributed by atoms with Crippen LogP contribution in [0.4, 0.5) is 0 Å². The lowest BCUT2D eigenvalue weighted by Gasteiger charge is -2.15. The van der Waals surface area contributed by atoms with E-state index in [-0.39, 0.29) is 12.4 Å². The van der Waals surface area contributed by atoms with Crippen LogP contribution in [0.5, 0.6) is 5.75 Å². The molecule has 1 aromatic rings. The average Bonchev–Trinajstić information content (AvgIpc) is 2.14. The van der Waals surface area contributed by atoms with Crippen LogP contribution in [-0.2, 0) is 0 Å². The van der Waals surface area contributed by atoms with Crippen molar-refractivity contribution in [2.24, 2.45) is 5.73 Å². The maximum absolute atomic E-state index is 9.60. The normalized spacial score (nSPS) is 12.9. The van der Waals surface area contributed by atoms with Gasteiger partial charge in [0.1, 0.15) is 5.75 Å². The van der Waals surface area contributed by atoms with Gasteiger partial charge in [0.15, 0.2) is 0 Å². The van der Waals surface area contributed by atoms with E-state index in [1.165, 1.54) is 0 Å². The average molecular weight is 390 g/mol. The summed E-state index contributed by atoms with van der Waals surface area (Å²) >= 11 is 9.72. The molecule has 0 bridgehead atoms. The molecule has 0 amide bonds. The molecule has 0 aliphatic heterocycles. The topological polar surface area (TPSA) is 66.5 Å². The van der Waals surface area contributed by atoms with Crippen molar-refractivity contribution in [2.45, 2.75) is 6.04 Å². The van der Waals surface area contributed by atoms with Crippen LogP contribution in [0.1, 0.15) is 11.6 Å². The summed E-state index contributed by atoms with van der Waals surface area (Å²) < 4.78 is 1.78. The Bertz CT molecular complexity index is 357. The number of hydrogen-bond acceptors (Lipinski definition) is 3. The van der Waals surface area contributed by atoms with Crippen molar-refractivity contribution in [3.63, 3.8) is 0 Å². The van der Waals surface area contributed by atoms with E-state index < -0.39 is 6.04 Å². The van der Waals surface area contributed by atoms with E-state index in [4.69, 9.17) is 10.8 Å². The van der Waals surface area contributed by atoms with Crippen LogP contribution in [0.3, 0.4) is 0 Å². The molecular weight excluding hydrogens is 382 g/mol. The van der Waals surface area contributed by atoms with Gasteiger partial charge < -0.3 is 15.9 Å². The molecule has 0 saturated carbocycles. The molecule has 0 spiro atoms. The van der Waals surface area contributed by atoms with Gasteiger partial charge in [-0.2, -0.15) is 0 Å². The third-order valence-corrected chi connectivity index (χ3v) is 3.81. The number of rotatable bonds is 2. The fraction of sp³-hybridized carbons (Fsp3) is 0.250. The molecule has 1 atom stereocenters. The molecular formula is C8H8Br3NO2. The quantitative estimate of drug-likeness (QED) is 0.728. The van der Waals surface area contributed by atoms with Gasteiger partial charge in [-0.15, -0.1) is 0 Å². The molecule has 0 fully saturated rings. The van der Waals surface area contributed by atoms with Crippen LogP contribution < -0.4 is 5.73 Å². The lowest BCUT2D eigenvalue weighted by atomic mass is 10.1. The predicted octanol–water partition coefficient (Wildman–Crippen LogP) is 2.67. The second-order valence-electron chi connectivity index (χ2n) is 2.71. The van der Waals surface area contributed by atoms with Crippen LogP contribution in [0.15, 0.2) is 19.5 Å². The van der Waals surface area contributed by atoms with Crippen LogP contribution in [0.25, 0.3) is 0 Å². The van der Waals surface area contributed by atoms with E-state index in [0.717, 1.165) is 4.47 Å². The first-order valence-corrected chi connectivity index (χ1v) is 6.09. The van der Waals surface area contributed by atoms with Crippen LogP contribution in [0.2, 0.25) is 0 Å². The van der Waals surface area contributed by atoms with Gasteiger partial charge in [0.2, 0.25) is 0 Å². The lowest BCUT2D eigenvalue weighted by molar-refractivity contribution is 0.267. The second-order valence-corrected chi connectivity index (χ2v) is 5.21. The fourth-order valence-electron chi connectivity index (χ4n) is 1.03. The number of phenols is 1. The number of nitrogens with two attached hydrogens (primary N) is 1. The Morgan fingerprint density at radius 3 is 2.36 bits per heavy atom. The standard InChI is InChI=1S/C8H8Br3NO2/c9-3-1-4(10)8(14)7(11)6(3)5(12)2-13/h1,5,13-14H,2,12H2/t5-/m0/s1. The maximum Gasteiger partial charge on any atom is 0.144 e. The summed E-state index contributed by atoms with van der Waals surface area (Å²) in [4.78, 5) is 0. The molecule has 14 heavy (non-hydrogen) atoms. The zero-order valence-electron chi connectivity index (χ0n) is 6.97. The monoisotopic (exact) mass is 387 g/mol. The van der Waals surface area contributed by atoms with Crippen molar-refractivity contribution < 1.29 is 10.2 Å². The first-order chi connectivity index (χ1) is 6.49. The van der Waals surface area contributed by atoms with Gasteiger partial charge >= 0.3 is 0 Å². The molecule has 4 N–H and O–H groups in total. The van der Waals surface area contributed by atoms with Crippen LogP contribution in [-0.4, -0.2) is 16.8 Å². The Morgan fingerprint density at radius 1 is 1.29 bits per heavy atom. The fourth-order valence-corrected chi connectivity index (χ4v) is 3.73. The van der Waals surface area contributed by atoms with Crippen LogP contribution in [0, 0.1) is 0 Å². The summed E-state index contributed by atoms with van der Waals surface area (Å²) in [6.45, 7) is -0.182. The van der Waals surface area contributed by atoms with Gasteiger partial charge in [0.25, 0.3) is 0 Å². The van der Waals surface area contributed by atoms with Gasteiger partial charge in [-0.3, -0.25) is 0 Å². The first-order valence-electron chi connectivity index (χ1n) is 3.71. The molecule has 0 saturated heterocycles. The lowest BCUT2D eigenvalue weighted by Crippen LogP contribution is -2.15. The molecule has 0 unspecified atom stereocenters. The number of halogens is 3. The Hall–Kier alpha value is 0.380. The summed E-state index contributed by atoms with van der Waals surface area (Å²) in [5, 5.41) is 18.5. The van der Waals surface area contributed by atoms with E-state index in [1.54, 1.807) is 6.07 Å². The van der Waals surface area contributed by atoms with Crippen molar-refractivity contribution in [1.29, 1.82) is 0 Å². The Morgan fingerprint density at radius 2 is 1.86 bits per heavy atom. The number of aromatic hydroxyl groups is 1. The summed E-state index contributed by atoms with van der Waals surface area (Å²) in [5.74, 6) is 0.0760. The van der Waals surface area contributed by atoms with Gasteiger partial charge in [-0.05, 0) is 37.9 Å². The van der Waals surface area contributed by atoms with Crippen molar-refractivity contribution in [3.05, 3.63) is 25.0 Å². The van der Waals surface area contributed by atoms with Gasteiger partial charge in [0.05, 0.1) is 21.6 Å². The van der Waals surface area contributed by atoms with Gasteiger partial charge in [-0.25, -0.2) is 0 Å². The highest BCUT2D eigenvalue weighted by atomic mass is 79.9. The molecule has 0 aliphatic rings. The minimum atomic E-state index is -0.530. The Labute approximate surface area is 107 Å². The second kappa shape index (κ2) is 4.94. The number of benzene rings is 1. The molecule has 6 heteroatoms. The summed E-state index contributed by atoms with van der Waals surface area (Å²) in [6.07, 6.45) is 0. The summed E-state index contributed by atoms with van der Waals surface area (Å²) in [6, 6.07) is 1.16. The molecule has 3 nitrogen and oxygen atoms in total. The van der Waals surface area contributed by atoms with E-state index in [1.807, 2.05) is 0 Å². The number of aliphatic hydroxyl groups excluding tert-OH is 1. The highest BCUT2D eigenvalue weighted by Crippen LogP contribution is 2.41. The van der Waals surface area contributed by atoms with Crippen LogP contribution >= 0.6 is 47.8 Å². The summed E-state index contributed by atoms with van der Waals surface area (Å²) in [5.41, 5.74) is 6.32. The SMILES string of the molecule is N[C@@H](CO)c1c(Br)cc(Br)c(O)c1Br. The molecule has 0 aliphatic carbocycles. The van der Waals surface area contributed by atoms with E-state index in [9.17, 15) is 5.11 Å². The van der Waals surface area contributed by atoms with Crippen molar-refractivity contribution in [1.82, 2.24) is 0 Å². The highest BCUT2D eigenvalue weighted by molar-refractivity contribution is 9.11. The molecule has 1 aromatic carbocycles. The van der Waals surface area contributed by atoms with Gasteiger partial charge in [-0.1, -0.05) is 15.9 Å². The smallest absolute Gasteiger partial charge is 0.144 e. The van der Waals surface area contributed by atoms with E-state index >= 15 is 0 Å². The van der Waals surface area contributed by atoms with Crippen molar-refractivity contribution in [3.8, 4) is 5.75 Å². The Balaban J connectivity index is 3.36. The first kappa shape index (κ1) is 12.4. The third-order valence-electron chi connectivity index (χ3n) is 1.75. The van der Waals surface area contributed by atoms with E-state index in [0.29, 0.717) is 14.5 Å². The minimum absolute atomic E-state index is 0.0760. The highest BCUT2D eigenvalue weighted by Gasteiger charge is 2.18. The third kappa shape index (κ3) is 2.30. The minimum Gasteiger partial charge on any atom is -0.506 e. The molecule has 0 radical (unpaired) electrons. The molecule has 78 valence electrons. The Kier molecular flexibility index (Phi) is 4.39. The largest absolute Gasteiger partial charge is 0.506 e. The zero-order chi connectivity index (χ0) is 10.9. The maximum atomic E-state index is 9.60.